The Morgan fingerprint density at radius 1 is 0.524 bits per heavy atom. The van der Waals surface area contributed by atoms with E-state index in [4.69, 9.17) is 0 Å². The van der Waals surface area contributed by atoms with Crippen LogP contribution in [0.2, 0.25) is 0 Å². The summed E-state index contributed by atoms with van der Waals surface area (Å²) in [7, 11) is 11.0. The first-order chi connectivity index (χ1) is 9.24. The molecule has 0 amide bonds. The van der Waals surface area contributed by atoms with Gasteiger partial charge < -0.3 is 41.9 Å². The fourth-order valence-electron chi connectivity index (χ4n) is 0.710. The van der Waals surface area contributed by atoms with Gasteiger partial charge in [0.15, 0.2) is 0 Å². The van der Waals surface area contributed by atoms with Crippen molar-refractivity contribution in [2.45, 2.75) is 0 Å². The molecule has 2 aliphatic rings. The van der Waals surface area contributed by atoms with Crippen molar-refractivity contribution < 1.29 is 41.9 Å². The van der Waals surface area contributed by atoms with Gasteiger partial charge in [-0.05, 0) is 0 Å². The Hall–Kier alpha value is -0.100. The van der Waals surface area contributed by atoms with E-state index in [0.717, 1.165) is 8.97 Å². The van der Waals surface area contributed by atoms with E-state index >= 15 is 0 Å². The van der Waals surface area contributed by atoms with E-state index in [1.165, 1.54) is 0 Å². The minimum absolute atomic E-state index is 1.00. The maximum Gasteiger partial charge on any atom is 0.597 e. The van der Waals surface area contributed by atoms with Gasteiger partial charge in [-0.2, -0.15) is 0 Å². The highest BCUT2D eigenvalue weighted by atomic mass is 16.9. The summed E-state index contributed by atoms with van der Waals surface area (Å²) in [5, 5.41) is 21.0. The lowest BCUT2D eigenvalue weighted by molar-refractivity contribution is -0.849. The van der Waals surface area contributed by atoms with E-state index < -0.39 is 29.3 Å². The quantitative estimate of drug-likeness (QED) is 0.337. The summed E-state index contributed by atoms with van der Waals surface area (Å²) in [5.74, 6) is 0. The third kappa shape index (κ3) is 16.1. The summed E-state index contributed by atoms with van der Waals surface area (Å²) < 4.78 is 23.9. The van der Waals surface area contributed by atoms with Gasteiger partial charge in [0.05, 0.1) is 56.4 Å². The lowest BCUT2D eigenvalue weighted by Gasteiger charge is -2.40. The molecule has 120 valence electrons. The highest BCUT2D eigenvalue weighted by molar-refractivity contribution is 6.73. The minimum Gasteiger partial charge on any atom is -0.833 e. The van der Waals surface area contributed by atoms with Crippen molar-refractivity contribution in [3.05, 3.63) is 0 Å². The first-order valence-corrected chi connectivity index (χ1v) is 6.41. The second kappa shape index (κ2) is 8.51. The average Bonchev–Trinajstić information content (AvgIpc) is 2.07. The largest absolute Gasteiger partial charge is 0.833 e. The average molecular weight is 304 g/mol. The molecule has 0 aliphatic carbocycles. The van der Waals surface area contributed by atoms with Gasteiger partial charge >= 0.3 is 29.3 Å². The zero-order valence-corrected chi connectivity index (χ0v) is 14.1. The topological polar surface area (TPSA) is 92.3 Å². The Labute approximate surface area is 128 Å². The van der Waals surface area contributed by atoms with E-state index in [0.29, 0.717) is 0 Å². The van der Waals surface area contributed by atoms with Crippen LogP contribution in [0.4, 0.5) is 0 Å². The van der Waals surface area contributed by atoms with Crippen LogP contribution in [0.25, 0.3) is 0 Å². The summed E-state index contributed by atoms with van der Waals surface area (Å²) in [4.78, 5) is 0. The van der Waals surface area contributed by atoms with E-state index in [2.05, 4.69) is 79.2 Å². The maximum atomic E-state index is 10.5. The van der Waals surface area contributed by atoms with E-state index in [-0.39, 0.29) is 0 Å². The molecule has 2 fully saturated rings. The van der Waals surface area contributed by atoms with Crippen molar-refractivity contribution >= 4 is 29.3 Å². The predicted octanol–water partition coefficient (Wildman–Crippen LogP) is -3.60. The zero-order valence-electron chi connectivity index (χ0n) is 14.1. The van der Waals surface area contributed by atoms with Crippen molar-refractivity contribution in [1.29, 1.82) is 0 Å². The van der Waals surface area contributed by atoms with Crippen LogP contribution in [0.3, 0.4) is 0 Å². The fraction of sp³-hybridized carbons (Fsp3) is 1.00. The van der Waals surface area contributed by atoms with Gasteiger partial charge in [-0.1, -0.05) is 0 Å². The van der Waals surface area contributed by atoms with Gasteiger partial charge in [0, 0.05) is 0 Å². The van der Waals surface area contributed by atoms with Crippen molar-refractivity contribution in [1.82, 2.24) is 0 Å². The molecule has 0 N–H and O–H groups in total. The summed E-state index contributed by atoms with van der Waals surface area (Å²) in [6.07, 6.45) is 0. The smallest absolute Gasteiger partial charge is 0.597 e. The zero-order chi connectivity index (χ0) is 16.8. The number of nitrogens with zero attached hydrogens (tertiary/aromatic N) is 2. The molecule has 0 saturated carbocycles. The van der Waals surface area contributed by atoms with E-state index in [1.54, 1.807) is 0 Å². The van der Waals surface area contributed by atoms with Crippen LogP contribution in [-0.4, -0.2) is 94.6 Å². The van der Waals surface area contributed by atoms with Crippen molar-refractivity contribution in [2.24, 2.45) is 0 Å². The third-order valence-electron chi connectivity index (χ3n) is 1.11. The first kappa shape index (κ1) is 20.9. The summed E-state index contributed by atoms with van der Waals surface area (Å²) in [5.41, 5.74) is 0. The van der Waals surface area contributed by atoms with Crippen LogP contribution in [0, 0.1) is 0 Å². The molecule has 2 saturated heterocycles. The molecule has 0 unspecified atom stereocenters. The SMILES string of the molecule is C[N+](C)(C)C.C[N+](C)(C)C.[O-]B1OB2OB([O-])OB(O1)O2. The lowest BCUT2D eigenvalue weighted by Crippen LogP contribution is -2.65. The van der Waals surface area contributed by atoms with Crippen LogP contribution in [-0.2, 0) is 22.9 Å². The number of fused-ring (bicyclic) bond motifs is 2. The molecule has 0 aromatic carbocycles. The van der Waals surface area contributed by atoms with Crippen LogP contribution < -0.4 is 10.0 Å². The van der Waals surface area contributed by atoms with Crippen LogP contribution >= 0.6 is 0 Å². The minimum atomic E-state index is -1.73. The molecule has 2 aliphatic heterocycles. The Morgan fingerprint density at radius 2 is 0.714 bits per heavy atom. The number of hydrogen-bond donors (Lipinski definition) is 0. The second-order valence-corrected chi connectivity index (χ2v) is 7.20. The van der Waals surface area contributed by atoms with Gasteiger partial charge in [0.25, 0.3) is 0 Å². The van der Waals surface area contributed by atoms with Gasteiger partial charge in [-0.3, -0.25) is 0 Å². The fourth-order valence-corrected chi connectivity index (χ4v) is 0.710. The Balaban J connectivity index is 0.000000340. The summed E-state index contributed by atoms with van der Waals surface area (Å²) >= 11 is 0. The molecule has 0 atom stereocenters. The molecule has 2 rings (SSSR count). The first-order valence-electron chi connectivity index (χ1n) is 6.41. The van der Waals surface area contributed by atoms with Crippen LogP contribution in [0.1, 0.15) is 0 Å². The standard InChI is InChI=1S/2C4H12N.B4O7/c2*1-5(2,3)4;5-1-7-3-9-2(6)10-4(8-1)11-3/h2*1-4H3;/q2*+1;-2. The molecular weight excluding hydrogens is 279 g/mol. The molecule has 13 heteroatoms. The lowest BCUT2D eigenvalue weighted by atomic mass is 9.90. The van der Waals surface area contributed by atoms with Crippen LogP contribution in [0.5, 0.6) is 0 Å². The second-order valence-electron chi connectivity index (χ2n) is 7.20. The van der Waals surface area contributed by atoms with Gasteiger partial charge in [-0.15, -0.1) is 0 Å². The van der Waals surface area contributed by atoms with Gasteiger partial charge in [0.1, 0.15) is 0 Å². The Bertz CT molecular complexity index is 244. The molecule has 9 nitrogen and oxygen atoms in total. The molecule has 2 heterocycles. The number of hydrogen-bond acceptors (Lipinski definition) is 7. The Morgan fingerprint density at radius 3 is 0.905 bits per heavy atom. The van der Waals surface area contributed by atoms with Crippen molar-refractivity contribution in [3.63, 3.8) is 0 Å². The molecule has 0 aromatic rings. The van der Waals surface area contributed by atoms with Gasteiger partial charge in [0.2, 0.25) is 0 Å². The Kier molecular flexibility index (Phi) is 8.47. The van der Waals surface area contributed by atoms with Crippen molar-refractivity contribution in [3.8, 4) is 0 Å². The number of rotatable bonds is 0. The van der Waals surface area contributed by atoms with E-state index in [1.807, 2.05) is 0 Å². The predicted molar refractivity (Wildman–Crippen MR) is 76.4 cm³/mol. The maximum absolute atomic E-state index is 10.5. The molecule has 21 heavy (non-hydrogen) atoms. The third-order valence-corrected chi connectivity index (χ3v) is 1.11. The highest BCUT2D eigenvalue weighted by Crippen LogP contribution is 2.12. The monoisotopic (exact) mass is 304 g/mol. The summed E-state index contributed by atoms with van der Waals surface area (Å²) in [6, 6.07) is 0. The van der Waals surface area contributed by atoms with Gasteiger partial charge in [-0.25, -0.2) is 0 Å². The molecular formula is C8H24B4N2O7. The normalized spacial score (nSPS) is 18.6. The number of quaternary nitrogens is 2. The molecule has 0 spiro atoms. The van der Waals surface area contributed by atoms with E-state index in [9.17, 15) is 10.0 Å². The summed E-state index contributed by atoms with van der Waals surface area (Å²) in [6.45, 7) is 0. The molecule has 0 aromatic heterocycles. The van der Waals surface area contributed by atoms with Crippen molar-refractivity contribution in [2.75, 3.05) is 56.4 Å². The molecule has 2 bridgehead atoms. The molecule has 0 radical (unpaired) electrons. The highest BCUT2D eigenvalue weighted by Gasteiger charge is 2.44. The van der Waals surface area contributed by atoms with Crippen LogP contribution in [0.15, 0.2) is 0 Å².